The molecule has 0 radical (unpaired) electrons. The van der Waals surface area contributed by atoms with Crippen LogP contribution in [-0.4, -0.2) is 11.9 Å². The van der Waals surface area contributed by atoms with Crippen LogP contribution in [-0.2, 0) is 16.1 Å². The van der Waals surface area contributed by atoms with Crippen LogP contribution in [0.2, 0.25) is 0 Å². The van der Waals surface area contributed by atoms with Gasteiger partial charge in [0.15, 0.2) is 0 Å². The molecule has 1 saturated carbocycles. The number of amides is 1. The summed E-state index contributed by atoms with van der Waals surface area (Å²) in [6.45, 7) is 0.183. The molecule has 0 aromatic heterocycles. The first kappa shape index (κ1) is 16.0. The van der Waals surface area contributed by atoms with Gasteiger partial charge in [0.25, 0.3) is 5.91 Å². The molecule has 4 heteroatoms. The molecule has 2 aromatic carbocycles. The first-order valence-corrected chi connectivity index (χ1v) is 8.01. The molecule has 0 aliphatic heterocycles. The van der Waals surface area contributed by atoms with Crippen LogP contribution in [0.1, 0.15) is 28.8 Å². The molecule has 0 unspecified atom stereocenters. The minimum Gasteiger partial charge on any atom is -0.456 e. The predicted octanol–water partition coefficient (Wildman–Crippen LogP) is 3.45. The lowest BCUT2D eigenvalue weighted by atomic mass is 10.2. The first-order valence-electron chi connectivity index (χ1n) is 8.01. The van der Waals surface area contributed by atoms with Gasteiger partial charge in [0.2, 0.25) is 0 Å². The summed E-state index contributed by atoms with van der Waals surface area (Å²) in [7, 11) is 0. The van der Waals surface area contributed by atoms with Crippen molar-refractivity contribution in [1.82, 2.24) is 5.32 Å². The molecule has 122 valence electrons. The zero-order valence-electron chi connectivity index (χ0n) is 13.3. The topological polar surface area (TPSA) is 55.4 Å². The van der Waals surface area contributed by atoms with Gasteiger partial charge in [-0.1, -0.05) is 54.6 Å². The second kappa shape index (κ2) is 7.59. The maximum absolute atomic E-state index is 12.3. The SMILES string of the molecule is O=C(OCc1ccccc1)/C(=C\C1CC1)NC(=O)c1ccccc1. The van der Waals surface area contributed by atoms with Crippen molar-refractivity contribution in [3.05, 3.63) is 83.6 Å². The number of rotatable bonds is 6. The largest absolute Gasteiger partial charge is 0.456 e. The molecule has 1 N–H and O–H groups in total. The second-order valence-corrected chi connectivity index (χ2v) is 5.80. The van der Waals surface area contributed by atoms with Crippen molar-refractivity contribution in [3.63, 3.8) is 0 Å². The zero-order valence-corrected chi connectivity index (χ0v) is 13.3. The maximum atomic E-state index is 12.3. The Labute approximate surface area is 141 Å². The summed E-state index contributed by atoms with van der Waals surface area (Å²) >= 11 is 0. The molecule has 1 amide bonds. The lowest BCUT2D eigenvalue weighted by molar-refractivity contribution is -0.140. The Morgan fingerprint density at radius 2 is 1.62 bits per heavy atom. The normalized spacial score (nSPS) is 14.1. The number of benzene rings is 2. The van der Waals surface area contributed by atoms with E-state index < -0.39 is 5.97 Å². The van der Waals surface area contributed by atoms with Gasteiger partial charge in [-0.2, -0.15) is 0 Å². The molecule has 0 heterocycles. The van der Waals surface area contributed by atoms with Crippen LogP contribution in [0, 0.1) is 5.92 Å². The summed E-state index contributed by atoms with van der Waals surface area (Å²) in [6, 6.07) is 18.3. The van der Waals surface area contributed by atoms with Crippen molar-refractivity contribution in [3.8, 4) is 0 Å². The molecule has 0 saturated heterocycles. The molecular weight excluding hydrogens is 302 g/mol. The van der Waals surface area contributed by atoms with Crippen LogP contribution in [0.5, 0.6) is 0 Å². The number of esters is 1. The number of allylic oxidation sites excluding steroid dienone is 1. The highest BCUT2D eigenvalue weighted by Crippen LogP contribution is 2.31. The van der Waals surface area contributed by atoms with Gasteiger partial charge < -0.3 is 10.1 Å². The highest BCUT2D eigenvalue weighted by atomic mass is 16.5. The monoisotopic (exact) mass is 321 g/mol. The third-order valence-corrected chi connectivity index (χ3v) is 3.74. The average Bonchev–Trinajstić information content (AvgIpc) is 3.45. The molecule has 0 atom stereocenters. The predicted molar refractivity (Wildman–Crippen MR) is 91.0 cm³/mol. The summed E-state index contributed by atoms with van der Waals surface area (Å²) in [5, 5.41) is 2.69. The van der Waals surface area contributed by atoms with Gasteiger partial charge in [-0.3, -0.25) is 4.79 Å². The van der Waals surface area contributed by atoms with E-state index in [9.17, 15) is 9.59 Å². The highest BCUT2D eigenvalue weighted by molar-refractivity contribution is 6.01. The smallest absolute Gasteiger partial charge is 0.354 e. The number of hydrogen-bond donors (Lipinski definition) is 1. The molecule has 3 rings (SSSR count). The highest BCUT2D eigenvalue weighted by Gasteiger charge is 2.24. The number of nitrogens with one attached hydrogen (secondary N) is 1. The van der Waals surface area contributed by atoms with E-state index in [-0.39, 0.29) is 18.2 Å². The molecule has 0 bridgehead atoms. The third kappa shape index (κ3) is 4.56. The van der Waals surface area contributed by atoms with Crippen molar-refractivity contribution >= 4 is 11.9 Å². The minimum absolute atomic E-state index is 0.183. The fourth-order valence-corrected chi connectivity index (χ4v) is 2.24. The Kier molecular flexibility index (Phi) is 5.06. The fraction of sp³-hybridized carbons (Fsp3) is 0.200. The van der Waals surface area contributed by atoms with Crippen molar-refractivity contribution < 1.29 is 14.3 Å². The average molecular weight is 321 g/mol. The Hall–Kier alpha value is -2.88. The fourth-order valence-electron chi connectivity index (χ4n) is 2.24. The van der Waals surface area contributed by atoms with Crippen molar-refractivity contribution in [2.75, 3.05) is 0 Å². The van der Waals surface area contributed by atoms with Gasteiger partial charge in [0.1, 0.15) is 12.3 Å². The van der Waals surface area contributed by atoms with Crippen LogP contribution in [0.25, 0.3) is 0 Å². The summed E-state index contributed by atoms with van der Waals surface area (Å²) in [5.41, 5.74) is 1.64. The second-order valence-electron chi connectivity index (χ2n) is 5.80. The third-order valence-electron chi connectivity index (χ3n) is 3.74. The van der Waals surface area contributed by atoms with Crippen LogP contribution in [0.4, 0.5) is 0 Å². The van der Waals surface area contributed by atoms with Gasteiger partial charge in [-0.05, 0) is 36.5 Å². The molecule has 0 spiro atoms. The van der Waals surface area contributed by atoms with Gasteiger partial charge in [-0.15, -0.1) is 0 Å². The quantitative estimate of drug-likeness (QED) is 0.655. The molecule has 4 nitrogen and oxygen atoms in total. The maximum Gasteiger partial charge on any atom is 0.354 e. The van der Waals surface area contributed by atoms with Crippen molar-refractivity contribution in [2.24, 2.45) is 5.92 Å². The van der Waals surface area contributed by atoms with Gasteiger partial charge in [-0.25, -0.2) is 4.79 Å². The molecule has 24 heavy (non-hydrogen) atoms. The number of carbonyl (C=O) groups is 2. The van der Waals surface area contributed by atoms with Gasteiger partial charge >= 0.3 is 5.97 Å². The molecular formula is C20H19NO3. The summed E-state index contributed by atoms with van der Waals surface area (Å²) < 4.78 is 5.33. The minimum atomic E-state index is -0.505. The van der Waals surface area contributed by atoms with Crippen molar-refractivity contribution in [1.29, 1.82) is 0 Å². The summed E-state index contributed by atoms with van der Waals surface area (Å²) in [5.74, 6) is -0.463. The summed E-state index contributed by atoms with van der Waals surface area (Å²) in [6.07, 6.45) is 3.88. The van der Waals surface area contributed by atoms with E-state index in [4.69, 9.17) is 4.74 Å². The van der Waals surface area contributed by atoms with Crippen molar-refractivity contribution in [2.45, 2.75) is 19.4 Å². The van der Waals surface area contributed by atoms with E-state index in [2.05, 4.69) is 5.32 Å². The first-order chi connectivity index (χ1) is 11.7. The molecule has 1 aliphatic carbocycles. The molecule has 2 aromatic rings. The van der Waals surface area contributed by atoms with E-state index in [1.807, 2.05) is 36.4 Å². The van der Waals surface area contributed by atoms with Crippen LogP contribution >= 0.6 is 0 Å². The molecule has 1 fully saturated rings. The van der Waals surface area contributed by atoms with Gasteiger partial charge in [0.05, 0.1) is 0 Å². The number of ether oxygens (including phenoxy) is 1. The Morgan fingerprint density at radius 3 is 2.25 bits per heavy atom. The van der Waals surface area contributed by atoms with E-state index >= 15 is 0 Å². The van der Waals surface area contributed by atoms with E-state index in [1.54, 1.807) is 30.3 Å². The Morgan fingerprint density at radius 1 is 1.00 bits per heavy atom. The van der Waals surface area contributed by atoms with Crippen LogP contribution in [0.15, 0.2) is 72.4 Å². The van der Waals surface area contributed by atoms with E-state index in [0.29, 0.717) is 11.5 Å². The van der Waals surface area contributed by atoms with Crippen LogP contribution in [0.3, 0.4) is 0 Å². The Balaban J connectivity index is 1.65. The lowest BCUT2D eigenvalue weighted by Gasteiger charge is -2.10. The molecule has 1 aliphatic rings. The number of hydrogen-bond acceptors (Lipinski definition) is 3. The van der Waals surface area contributed by atoms with E-state index in [1.165, 1.54) is 0 Å². The van der Waals surface area contributed by atoms with Gasteiger partial charge in [0, 0.05) is 5.56 Å². The number of carbonyl (C=O) groups excluding carboxylic acids is 2. The standard InChI is InChI=1S/C20H19NO3/c22-19(17-9-5-2-6-10-17)21-18(13-15-11-12-15)20(23)24-14-16-7-3-1-4-8-16/h1-10,13,15H,11-12,14H2,(H,21,22)/b18-13+. The van der Waals surface area contributed by atoms with E-state index in [0.717, 1.165) is 18.4 Å². The zero-order chi connectivity index (χ0) is 16.8. The summed E-state index contributed by atoms with van der Waals surface area (Å²) in [4.78, 5) is 24.6. The van der Waals surface area contributed by atoms with Crippen LogP contribution < -0.4 is 5.32 Å². The Bertz CT molecular complexity index is 734. The lowest BCUT2D eigenvalue weighted by Crippen LogP contribution is -2.28.